The first-order valence-corrected chi connectivity index (χ1v) is 6.02. The van der Waals surface area contributed by atoms with Crippen molar-refractivity contribution in [2.24, 2.45) is 11.7 Å². The van der Waals surface area contributed by atoms with Gasteiger partial charge in [0.05, 0.1) is 12.2 Å². The number of hydrogen-bond donors (Lipinski definition) is 1. The van der Waals surface area contributed by atoms with Gasteiger partial charge in [0, 0.05) is 6.20 Å². The topological polar surface area (TPSA) is 43.8 Å². The maximum Gasteiger partial charge on any atom is 0.0521 e. The van der Waals surface area contributed by atoms with Gasteiger partial charge in [0.15, 0.2) is 0 Å². The monoisotopic (exact) mass is 207 g/mol. The molecule has 1 unspecified atom stereocenters. The van der Waals surface area contributed by atoms with Crippen LogP contribution in [-0.2, 0) is 6.42 Å². The number of nitrogens with two attached hydrogens (primary N) is 1. The molecule has 2 N–H and O–H groups in total. The van der Waals surface area contributed by atoms with Gasteiger partial charge in [0.25, 0.3) is 0 Å². The van der Waals surface area contributed by atoms with Crippen molar-refractivity contribution in [2.75, 3.05) is 6.54 Å². The van der Waals surface area contributed by atoms with Gasteiger partial charge in [-0.2, -0.15) is 5.10 Å². The van der Waals surface area contributed by atoms with Crippen molar-refractivity contribution in [2.45, 2.75) is 45.1 Å². The summed E-state index contributed by atoms with van der Waals surface area (Å²) in [5.41, 5.74) is 6.95. The summed E-state index contributed by atoms with van der Waals surface area (Å²) in [6.07, 6.45) is 10.6. The van der Waals surface area contributed by atoms with Crippen molar-refractivity contribution >= 4 is 0 Å². The first-order valence-electron chi connectivity index (χ1n) is 6.02. The normalized spacial score (nSPS) is 19.6. The summed E-state index contributed by atoms with van der Waals surface area (Å²) in [4.78, 5) is 0. The number of rotatable bonds is 4. The first kappa shape index (κ1) is 10.7. The summed E-state index contributed by atoms with van der Waals surface area (Å²) in [6, 6.07) is 0.659. The fourth-order valence-corrected chi connectivity index (χ4v) is 2.34. The van der Waals surface area contributed by atoms with E-state index in [-0.39, 0.29) is 0 Å². The molecule has 1 aromatic heterocycles. The molecule has 1 fully saturated rings. The molecule has 0 saturated heterocycles. The van der Waals surface area contributed by atoms with Crippen molar-refractivity contribution in [1.82, 2.24) is 9.78 Å². The SMILES string of the molecule is CC(CN)Cc1cnn(C2CCCC2)c1. The molecule has 1 aromatic rings. The van der Waals surface area contributed by atoms with E-state index in [1.807, 2.05) is 6.20 Å². The Hall–Kier alpha value is -0.830. The maximum atomic E-state index is 5.62. The quantitative estimate of drug-likeness (QED) is 0.822. The molecule has 1 aliphatic rings. The Labute approximate surface area is 91.7 Å². The molecule has 1 atom stereocenters. The molecular weight excluding hydrogens is 186 g/mol. The molecule has 0 radical (unpaired) electrons. The zero-order valence-corrected chi connectivity index (χ0v) is 9.52. The van der Waals surface area contributed by atoms with Crippen molar-refractivity contribution in [1.29, 1.82) is 0 Å². The van der Waals surface area contributed by atoms with Crippen LogP contribution in [0.15, 0.2) is 12.4 Å². The highest BCUT2D eigenvalue weighted by Gasteiger charge is 2.17. The standard InChI is InChI=1S/C12H21N3/c1-10(7-13)6-11-8-14-15(9-11)12-4-2-3-5-12/h8-10,12H,2-7,13H2,1H3. The zero-order valence-electron chi connectivity index (χ0n) is 9.52. The van der Waals surface area contributed by atoms with Gasteiger partial charge < -0.3 is 5.73 Å². The van der Waals surface area contributed by atoms with Crippen LogP contribution in [0.3, 0.4) is 0 Å². The summed E-state index contributed by atoms with van der Waals surface area (Å²) in [5, 5.41) is 4.46. The smallest absolute Gasteiger partial charge is 0.0521 e. The number of aromatic nitrogens is 2. The van der Waals surface area contributed by atoms with E-state index in [0.29, 0.717) is 12.0 Å². The second-order valence-electron chi connectivity index (χ2n) is 4.81. The van der Waals surface area contributed by atoms with Crippen LogP contribution >= 0.6 is 0 Å². The van der Waals surface area contributed by atoms with Crippen LogP contribution in [0, 0.1) is 5.92 Å². The minimum absolute atomic E-state index is 0.561. The Balaban J connectivity index is 1.97. The van der Waals surface area contributed by atoms with Crippen LogP contribution in [0.1, 0.15) is 44.2 Å². The zero-order chi connectivity index (χ0) is 10.7. The van der Waals surface area contributed by atoms with Gasteiger partial charge in [-0.3, -0.25) is 4.68 Å². The van der Waals surface area contributed by atoms with Gasteiger partial charge >= 0.3 is 0 Å². The highest BCUT2D eigenvalue weighted by molar-refractivity contribution is 5.05. The lowest BCUT2D eigenvalue weighted by atomic mass is 10.0. The third-order valence-corrected chi connectivity index (χ3v) is 3.34. The van der Waals surface area contributed by atoms with Crippen LogP contribution in [-0.4, -0.2) is 16.3 Å². The summed E-state index contributed by atoms with van der Waals surface area (Å²) >= 11 is 0. The average Bonchev–Trinajstić information content (AvgIpc) is 2.85. The van der Waals surface area contributed by atoms with E-state index in [9.17, 15) is 0 Å². The highest BCUT2D eigenvalue weighted by Crippen LogP contribution is 2.28. The summed E-state index contributed by atoms with van der Waals surface area (Å²) in [7, 11) is 0. The molecule has 2 rings (SSSR count). The molecule has 3 nitrogen and oxygen atoms in total. The second-order valence-corrected chi connectivity index (χ2v) is 4.81. The number of nitrogens with zero attached hydrogens (tertiary/aromatic N) is 2. The van der Waals surface area contributed by atoms with E-state index < -0.39 is 0 Å². The lowest BCUT2D eigenvalue weighted by molar-refractivity contribution is 0.466. The molecule has 15 heavy (non-hydrogen) atoms. The molecule has 84 valence electrons. The minimum atomic E-state index is 0.561. The fraction of sp³-hybridized carbons (Fsp3) is 0.750. The van der Waals surface area contributed by atoms with Gasteiger partial charge in [-0.25, -0.2) is 0 Å². The van der Waals surface area contributed by atoms with Crippen LogP contribution in [0.2, 0.25) is 0 Å². The van der Waals surface area contributed by atoms with E-state index in [1.165, 1.54) is 31.2 Å². The van der Waals surface area contributed by atoms with Crippen LogP contribution in [0.25, 0.3) is 0 Å². The fourth-order valence-electron chi connectivity index (χ4n) is 2.34. The predicted molar refractivity (Wildman–Crippen MR) is 61.7 cm³/mol. The van der Waals surface area contributed by atoms with E-state index in [1.54, 1.807) is 0 Å². The van der Waals surface area contributed by atoms with Crippen molar-refractivity contribution in [3.05, 3.63) is 18.0 Å². The minimum Gasteiger partial charge on any atom is -0.330 e. The van der Waals surface area contributed by atoms with Gasteiger partial charge in [-0.05, 0) is 37.3 Å². The predicted octanol–water partition coefficient (Wildman–Crippen LogP) is 2.14. The molecule has 3 heteroatoms. The first-order chi connectivity index (χ1) is 7.29. The summed E-state index contributed by atoms with van der Waals surface area (Å²) < 4.78 is 2.16. The Morgan fingerprint density at radius 3 is 2.93 bits per heavy atom. The molecule has 0 bridgehead atoms. The van der Waals surface area contributed by atoms with Gasteiger partial charge in [0.2, 0.25) is 0 Å². The largest absolute Gasteiger partial charge is 0.330 e. The lowest BCUT2D eigenvalue weighted by Gasteiger charge is -2.09. The average molecular weight is 207 g/mol. The van der Waals surface area contributed by atoms with Crippen LogP contribution < -0.4 is 5.73 Å². The van der Waals surface area contributed by atoms with Gasteiger partial charge in [-0.1, -0.05) is 19.8 Å². The Bertz CT molecular complexity index is 300. The Morgan fingerprint density at radius 2 is 2.27 bits per heavy atom. The maximum absolute atomic E-state index is 5.62. The van der Waals surface area contributed by atoms with Crippen LogP contribution in [0.5, 0.6) is 0 Å². The van der Waals surface area contributed by atoms with Gasteiger partial charge in [0.1, 0.15) is 0 Å². The third kappa shape index (κ3) is 2.59. The molecule has 0 aromatic carbocycles. The molecule has 0 spiro atoms. The van der Waals surface area contributed by atoms with Crippen molar-refractivity contribution in [3.63, 3.8) is 0 Å². The molecule has 0 aliphatic heterocycles. The summed E-state index contributed by atoms with van der Waals surface area (Å²) in [5.74, 6) is 0.561. The van der Waals surface area contributed by atoms with Crippen molar-refractivity contribution < 1.29 is 0 Å². The lowest BCUT2D eigenvalue weighted by Crippen LogP contribution is -2.12. The van der Waals surface area contributed by atoms with E-state index in [2.05, 4.69) is 22.9 Å². The molecule has 1 heterocycles. The van der Waals surface area contributed by atoms with Gasteiger partial charge in [-0.15, -0.1) is 0 Å². The summed E-state index contributed by atoms with van der Waals surface area (Å²) in [6.45, 7) is 2.95. The van der Waals surface area contributed by atoms with E-state index >= 15 is 0 Å². The molecule has 0 amide bonds. The van der Waals surface area contributed by atoms with E-state index in [4.69, 9.17) is 5.73 Å². The highest BCUT2D eigenvalue weighted by atomic mass is 15.3. The third-order valence-electron chi connectivity index (χ3n) is 3.34. The molecule has 1 aliphatic carbocycles. The Morgan fingerprint density at radius 1 is 1.53 bits per heavy atom. The second kappa shape index (κ2) is 4.79. The van der Waals surface area contributed by atoms with E-state index in [0.717, 1.165) is 13.0 Å². The van der Waals surface area contributed by atoms with Crippen molar-refractivity contribution in [3.8, 4) is 0 Å². The molecule has 1 saturated carbocycles. The number of hydrogen-bond acceptors (Lipinski definition) is 2. The Kier molecular flexibility index (Phi) is 3.41. The molecular formula is C12H21N3. The van der Waals surface area contributed by atoms with Crippen LogP contribution in [0.4, 0.5) is 0 Å².